The molecule has 1 saturated heterocycles. The van der Waals surface area contributed by atoms with E-state index in [1.807, 2.05) is 41.3 Å². The van der Waals surface area contributed by atoms with Crippen LogP contribution in [-0.2, 0) is 5.41 Å². The highest BCUT2D eigenvalue weighted by Gasteiger charge is 2.27. The number of piperazine rings is 1. The maximum Gasteiger partial charge on any atom is 0.272 e. The minimum atomic E-state index is -0.107. The Morgan fingerprint density at radius 3 is 2.16 bits per heavy atom. The van der Waals surface area contributed by atoms with Crippen molar-refractivity contribution in [2.45, 2.75) is 26.2 Å². The zero-order valence-electron chi connectivity index (χ0n) is 18.1. The zero-order valence-corrected chi connectivity index (χ0v) is 18.1. The normalized spacial score (nSPS) is 14.5. The first-order valence-electron chi connectivity index (χ1n) is 10.5. The minimum absolute atomic E-state index is 0.00737. The molecular formula is C24H27N5O2. The average molecular weight is 418 g/mol. The number of rotatable bonds is 3. The molecule has 1 aliphatic heterocycles. The van der Waals surface area contributed by atoms with E-state index in [4.69, 9.17) is 0 Å². The van der Waals surface area contributed by atoms with Gasteiger partial charge in [-0.05, 0) is 41.3 Å². The minimum Gasteiger partial charge on any atom is -0.335 e. The molecule has 1 N–H and O–H groups in total. The Morgan fingerprint density at radius 2 is 1.58 bits per heavy atom. The first-order chi connectivity index (χ1) is 14.8. The molecule has 3 heterocycles. The van der Waals surface area contributed by atoms with Crippen LogP contribution in [0.15, 0.2) is 54.9 Å². The molecule has 1 fully saturated rings. The maximum atomic E-state index is 12.9. The van der Waals surface area contributed by atoms with Crippen molar-refractivity contribution in [1.82, 2.24) is 25.0 Å². The van der Waals surface area contributed by atoms with Gasteiger partial charge < -0.3 is 9.80 Å². The highest BCUT2D eigenvalue weighted by Crippen LogP contribution is 2.23. The van der Waals surface area contributed by atoms with Crippen LogP contribution in [0.3, 0.4) is 0 Å². The van der Waals surface area contributed by atoms with Crippen molar-refractivity contribution < 1.29 is 9.59 Å². The third kappa shape index (κ3) is 4.50. The largest absolute Gasteiger partial charge is 0.335 e. The van der Waals surface area contributed by atoms with Gasteiger partial charge >= 0.3 is 0 Å². The zero-order chi connectivity index (χ0) is 22.0. The Morgan fingerprint density at radius 1 is 0.935 bits per heavy atom. The van der Waals surface area contributed by atoms with Gasteiger partial charge in [0.05, 0.1) is 5.69 Å². The molecule has 0 bridgehead atoms. The number of nitrogens with one attached hydrogen (secondary N) is 1. The van der Waals surface area contributed by atoms with Gasteiger partial charge in [0.25, 0.3) is 11.8 Å². The summed E-state index contributed by atoms with van der Waals surface area (Å²) < 4.78 is 0. The molecule has 1 aliphatic rings. The van der Waals surface area contributed by atoms with E-state index in [9.17, 15) is 9.59 Å². The number of carbonyl (C=O) groups excluding carboxylic acids is 2. The number of nitrogens with zero attached hydrogens (tertiary/aromatic N) is 4. The SMILES string of the molecule is CC(C)(C)c1ccc(C(=O)N2CCN(C(=O)c3cc(-c4cccnc4)n[nH]3)CC2)cc1. The van der Waals surface area contributed by atoms with E-state index in [1.165, 1.54) is 5.56 Å². The molecule has 4 rings (SSSR count). The predicted octanol–water partition coefficient (Wildman–Crippen LogP) is 3.37. The Balaban J connectivity index is 1.37. The number of carbonyl (C=O) groups is 2. The van der Waals surface area contributed by atoms with Crippen molar-refractivity contribution in [1.29, 1.82) is 0 Å². The monoisotopic (exact) mass is 417 g/mol. The lowest BCUT2D eigenvalue weighted by atomic mass is 9.86. The number of aromatic amines is 1. The van der Waals surface area contributed by atoms with Crippen molar-refractivity contribution in [3.8, 4) is 11.3 Å². The van der Waals surface area contributed by atoms with Crippen LogP contribution in [-0.4, -0.2) is 63.0 Å². The molecule has 7 nitrogen and oxygen atoms in total. The summed E-state index contributed by atoms with van der Waals surface area (Å²) in [4.78, 5) is 33.4. The first kappa shape index (κ1) is 20.8. The van der Waals surface area contributed by atoms with Crippen molar-refractivity contribution in [2.24, 2.45) is 0 Å². The number of hydrogen-bond acceptors (Lipinski definition) is 4. The Bertz CT molecular complexity index is 1060. The fraction of sp³-hybridized carbons (Fsp3) is 0.333. The Labute approximate surface area is 182 Å². The Kier molecular flexibility index (Phi) is 5.59. The van der Waals surface area contributed by atoms with E-state index in [1.54, 1.807) is 23.4 Å². The van der Waals surface area contributed by atoms with Gasteiger partial charge in [-0.15, -0.1) is 0 Å². The summed E-state index contributed by atoms with van der Waals surface area (Å²) in [5, 5.41) is 7.06. The number of hydrogen-bond donors (Lipinski definition) is 1. The van der Waals surface area contributed by atoms with Gasteiger partial charge in [0.1, 0.15) is 5.69 Å². The standard InChI is InChI=1S/C24H27N5O2/c1-24(2,3)19-8-6-17(7-9-19)22(30)28-11-13-29(14-12-28)23(31)21-15-20(26-27-21)18-5-4-10-25-16-18/h4-10,15-16H,11-14H2,1-3H3,(H,26,27). The molecule has 31 heavy (non-hydrogen) atoms. The summed E-state index contributed by atoms with van der Waals surface area (Å²) in [6, 6.07) is 13.3. The fourth-order valence-corrected chi connectivity index (χ4v) is 3.67. The molecule has 0 atom stereocenters. The van der Waals surface area contributed by atoms with Crippen LogP contribution in [0.25, 0.3) is 11.3 Å². The summed E-state index contributed by atoms with van der Waals surface area (Å²) in [5.41, 5.74) is 3.91. The molecule has 2 amide bonds. The summed E-state index contributed by atoms with van der Waals surface area (Å²) in [6.45, 7) is 8.46. The molecule has 0 spiro atoms. The molecule has 0 saturated carbocycles. The first-order valence-corrected chi connectivity index (χ1v) is 10.5. The van der Waals surface area contributed by atoms with Crippen molar-refractivity contribution in [2.75, 3.05) is 26.2 Å². The van der Waals surface area contributed by atoms with Crippen molar-refractivity contribution in [3.63, 3.8) is 0 Å². The van der Waals surface area contributed by atoms with E-state index < -0.39 is 0 Å². The predicted molar refractivity (Wildman–Crippen MR) is 119 cm³/mol. The van der Waals surface area contributed by atoms with E-state index in [2.05, 4.69) is 36.0 Å². The number of benzene rings is 1. The van der Waals surface area contributed by atoms with Crippen LogP contribution in [0.4, 0.5) is 0 Å². The van der Waals surface area contributed by atoms with Crippen LogP contribution >= 0.6 is 0 Å². The molecule has 0 unspecified atom stereocenters. The number of H-pyrrole nitrogens is 1. The van der Waals surface area contributed by atoms with Crippen LogP contribution in [0.1, 0.15) is 47.2 Å². The number of amides is 2. The summed E-state index contributed by atoms with van der Waals surface area (Å²) in [5.74, 6) is -0.0998. The van der Waals surface area contributed by atoms with E-state index in [0.29, 0.717) is 43.1 Å². The summed E-state index contributed by atoms with van der Waals surface area (Å²) in [6.07, 6.45) is 3.41. The highest BCUT2D eigenvalue weighted by atomic mass is 16.2. The van der Waals surface area contributed by atoms with E-state index in [0.717, 1.165) is 5.56 Å². The molecule has 160 valence electrons. The lowest BCUT2D eigenvalue weighted by Gasteiger charge is -2.34. The second-order valence-electron chi connectivity index (χ2n) is 8.82. The third-order valence-corrected chi connectivity index (χ3v) is 5.62. The maximum absolute atomic E-state index is 12.9. The van der Waals surface area contributed by atoms with Gasteiger partial charge in [-0.25, -0.2) is 0 Å². The van der Waals surface area contributed by atoms with Gasteiger partial charge in [0.2, 0.25) is 0 Å². The smallest absolute Gasteiger partial charge is 0.272 e. The van der Waals surface area contributed by atoms with Crippen molar-refractivity contribution in [3.05, 3.63) is 71.7 Å². The van der Waals surface area contributed by atoms with Crippen LogP contribution in [0.5, 0.6) is 0 Å². The van der Waals surface area contributed by atoms with Gasteiger partial charge in [-0.1, -0.05) is 32.9 Å². The number of aromatic nitrogens is 3. The molecular weight excluding hydrogens is 390 g/mol. The molecule has 7 heteroatoms. The van der Waals surface area contributed by atoms with Gasteiger partial charge in [-0.3, -0.25) is 19.7 Å². The van der Waals surface area contributed by atoms with Crippen LogP contribution in [0.2, 0.25) is 0 Å². The van der Waals surface area contributed by atoms with E-state index >= 15 is 0 Å². The Hall–Kier alpha value is -3.48. The number of pyridine rings is 1. The molecule has 0 aliphatic carbocycles. The van der Waals surface area contributed by atoms with E-state index in [-0.39, 0.29) is 17.2 Å². The van der Waals surface area contributed by atoms with Crippen LogP contribution in [0, 0.1) is 0 Å². The second kappa shape index (κ2) is 8.34. The quantitative estimate of drug-likeness (QED) is 0.708. The fourth-order valence-electron chi connectivity index (χ4n) is 3.67. The average Bonchev–Trinajstić information content (AvgIpc) is 3.29. The lowest BCUT2D eigenvalue weighted by Crippen LogP contribution is -2.50. The molecule has 1 aromatic carbocycles. The molecule has 0 radical (unpaired) electrons. The summed E-state index contributed by atoms with van der Waals surface area (Å²) >= 11 is 0. The topological polar surface area (TPSA) is 82.2 Å². The van der Waals surface area contributed by atoms with Gasteiger partial charge in [0.15, 0.2) is 0 Å². The summed E-state index contributed by atoms with van der Waals surface area (Å²) in [7, 11) is 0. The van der Waals surface area contributed by atoms with Gasteiger partial charge in [0, 0.05) is 49.7 Å². The third-order valence-electron chi connectivity index (χ3n) is 5.62. The van der Waals surface area contributed by atoms with Crippen LogP contribution < -0.4 is 0 Å². The van der Waals surface area contributed by atoms with Crippen molar-refractivity contribution >= 4 is 11.8 Å². The second-order valence-corrected chi connectivity index (χ2v) is 8.82. The highest BCUT2D eigenvalue weighted by molar-refractivity contribution is 5.95. The molecule has 2 aromatic heterocycles. The lowest BCUT2D eigenvalue weighted by molar-refractivity contribution is 0.0532. The van der Waals surface area contributed by atoms with Gasteiger partial charge in [-0.2, -0.15) is 5.10 Å². The molecule has 3 aromatic rings.